The summed E-state index contributed by atoms with van der Waals surface area (Å²) in [6.45, 7) is 5.45. The number of carbonyl (C=O) groups excluding carboxylic acids is 1. The molecule has 2 aliphatic heterocycles. The van der Waals surface area contributed by atoms with Crippen LogP contribution >= 0.6 is 11.6 Å². The van der Waals surface area contributed by atoms with Gasteiger partial charge in [0.05, 0.1) is 6.54 Å². The van der Waals surface area contributed by atoms with Crippen LogP contribution in [0.4, 0.5) is 0 Å². The van der Waals surface area contributed by atoms with Gasteiger partial charge in [0, 0.05) is 31.7 Å². The van der Waals surface area contributed by atoms with Crippen molar-refractivity contribution in [2.75, 3.05) is 39.8 Å². The molecule has 2 atom stereocenters. The summed E-state index contributed by atoms with van der Waals surface area (Å²) in [7, 11) is 1.86. The number of likely N-dealkylation sites (N-methyl/N-ethyl adjacent to an activating group) is 1. The molecule has 4 nitrogen and oxygen atoms in total. The molecule has 1 aromatic rings. The maximum atomic E-state index is 12.3. The van der Waals surface area contributed by atoms with Gasteiger partial charge in [-0.1, -0.05) is 23.7 Å². The van der Waals surface area contributed by atoms with Gasteiger partial charge in [0.2, 0.25) is 5.91 Å². The van der Waals surface area contributed by atoms with Gasteiger partial charge in [0.1, 0.15) is 0 Å². The average Bonchev–Trinajstić information content (AvgIpc) is 2.99. The van der Waals surface area contributed by atoms with E-state index in [-0.39, 0.29) is 5.91 Å². The smallest absolute Gasteiger partial charge is 0.236 e. The topological polar surface area (TPSA) is 35.6 Å². The normalized spacial score (nSPS) is 25.0. The molecule has 0 bridgehead atoms. The Kier molecular flexibility index (Phi) is 4.48. The van der Waals surface area contributed by atoms with Gasteiger partial charge in [-0.2, -0.15) is 0 Å². The van der Waals surface area contributed by atoms with Crippen molar-refractivity contribution in [1.82, 2.24) is 15.1 Å². The molecule has 0 aliphatic carbocycles. The maximum Gasteiger partial charge on any atom is 0.236 e. The Morgan fingerprint density at radius 1 is 1.38 bits per heavy atom. The fourth-order valence-electron chi connectivity index (χ4n) is 3.39. The average molecular weight is 308 g/mol. The Morgan fingerprint density at radius 2 is 2.10 bits per heavy atom. The lowest BCUT2D eigenvalue weighted by molar-refractivity contribution is -0.131. The molecule has 2 heterocycles. The second-order valence-corrected chi connectivity index (χ2v) is 6.69. The fraction of sp³-hybridized carbons (Fsp3) is 0.562. The third-order valence-corrected chi connectivity index (χ3v) is 4.79. The molecule has 2 fully saturated rings. The van der Waals surface area contributed by atoms with Gasteiger partial charge < -0.3 is 10.2 Å². The largest absolute Gasteiger partial charge is 0.340 e. The zero-order chi connectivity index (χ0) is 14.8. The molecule has 1 aromatic carbocycles. The molecule has 1 amide bonds. The SMILES string of the molecule is CN(Cc1cccc(Cl)c1)C(=O)CN1CC2CNCC2C1. The summed E-state index contributed by atoms with van der Waals surface area (Å²) in [4.78, 5) is 16.4. The van der Waals surface area contributed by atoms with Gasteiger partial charge in [-0.15, -0.1) is 0 Å². The molecule has 0 saturated carbocycles. The van der Waals surface area contributed by atoms with Crippen LogP contribution in [0.3, 0.4) is 0 Å². The van der Waals surface area contributed by atoms with E-state index in [0.29, 0.717) is 18.1 Å². The molecule has 0 radical (unpaired) electrons. The van der Waals surface area contributed by atoms with Crippen LogP contribution in [0.2, 0.25) is 5.02 Å². The van der Waals surface area contributed by atoms with E-state index >= 15 is 0 Å². The predicted octanol–water partition coefficient (Wildman–Crippen LogP) is 1.45. The number of likely N-dealkylation sites (tertiary alicyclic amines) is 1. The first-order chi connectivity index (χ1) is 10.1. The van der Waals surface area contributed by atoms with Crippen molar-refractivity contribution >= 4 is 17.5 Å². The van der Waals surface area contributed by atoms with Crippen molar-refractivity contribution in [3.05, 3.63) is 34.9 Å². The van der Waals surface area contributed by atoms with Crippen molar-refractivity contribution in [2.24, 2.45) is 11.8 Å². The second-order valence-electron chi connectivity index (χ2n) is 6.25. The Morgan fingerprint density at radius 3 is 2.76 bits per heavy atom. The highest BCUT2D eigenvalue weighted by Crippen LogP contribution is 2.26. The molecular weight excluding hydrogens is 286 g/mol. The van der Waals surface area contributed by atoms with Crippen LogP contribution in [-0.4, -0.2) is 55.5 Å². The van der Waals surface area contributed by atoms with Gasteiger partial charge in [0.25, 0.3) is 0 Å². The number of halogens is 1. The van der Waals surface area contributed by atoms with Crippen LogP contribution in [0.15, 0.2) is 24.3 Å². The van der Waals surface area contributed by atoms with Crippen LogP contribution in [0, 0.1) is 11.8 Å². The number of nitrogens with one attached hydrogen (secondary N) is 1. The number of hydrogen-bond donors (Lipinski definition) is 1. The molecule has 5 heteroatoms. The summed E-state index contributed by atoms with van der Waals surface area (Å²) in [5, 5.41) is 4.14. The molecule has 0 spiro atoms. The van der Waals surface area contributed by atoms with Crippen molar-refractivity contribution in [3.63, 3.8) is 0 Å². The molecule has 114 valence electrons. The summed E-state index contributed by atoms with van der Waals surface area (Å²) >= 11 is 5.98. The Hall–Kier alpha value is -1.10. The van der Waals surface area contributed by atoms with Crippen LogP contribution < -0.4 is 5.32 Å². The number of benzene rings is 1. The first-order valence-electron chi connectivity index (χ1n) is 7.53. The minimum absolute atomic E-state index is 0.183. The second kappa shape index (κ2) is 6.34. The van der Waals surface area contributed by atoms with E-state index in [1.54, 1.807) is 4.90 Å². The van der Waals surface area contributed by atoms with Crippen molar-refractivity contribution in [2.45, 2.75) is 6.54 Å². The third-order valence-electron chi connectivity index (χ3n) is 4.56. The monoisotopic (exact) mass is 307 g/mol. The molecule has 1 N–H and O–H groups in total. The van der Waals surface area contributed by atoms with Crippen LogP contribution in [0.1, 0.15) is 5.56 Å². The lowest BCUT2D eigenvalue weighted by Gasteiger charge is -2.22. The van der Waals surface area contributed by atoms with E-state index in [2.05, 4.69) is 10.2 Å². The highest BCUT2D eigenvalue weighted by molar-refractivity contribution is 6.30. The summed E-state index contributed by atoms with van der Waals surface area (Å²) in [6, 6.07) is 7.69. The standard InChI is InChI=1S/C16H22ClN3O/c1-19(8-12-3-2-4-15(17)5-12)16(21)11-20-9-13-6-18-7-14(13)10-20/h2-5,13-14,18H,6-11H2,1H3. The number of nitrogens with zero attached hydrogens (tertiary/aromatic N) is 2. The molecule has 3 rings (SSSR count). The van der Waals surface area contributed by atoms with Crippen LogP contribution in [-0.2, 0) is 11.3 Å². The Balaban J connectivity index is 1.51. The lowest BCUT2D eigenvalue weighted by atomic mass is 10.0. The van der Waals surface area contributed by atoms with E-state index < -0.39 is 0 Å². The van der Waals surface area contributed by atoms with Gasteiger partial charge in [-0.25, -0.2) is 0 Å². The Labute approximate surface area is 131 Å². The van der Waals surface area contributed by atoms with Crippen molar-refractivity contribution in [3.8, 4) is 0 Å². The van der Waals surface area contributed by atoms with Gasteiger partial charge in [-0.3, -0.25) is 9.69 Å². The minimum atomic E-state index is 0.183. The maximum absolute atomic E-state index is 12.3. The minimum Gasteiger partial charge on any atom is -0.340 e. The highest BCUT2D eigenvalue weighted by Gasteiger charge is 2.36. The first kappa shape index (κ1) is 14.8. The number of amides is 1. The predicted molar refractivity (Wildman–Crippen MR) is 84.2 cm³/mol. The van der Waals surface area contributed by atoms with E-state index in [1.807, 2.05) is 31.3 Å². The van der Waals surface area contributed by atoms with Gasteiger partial charge >= 0.3 is 0 Å². The fourth-order valence-corrected chi connectivity index (χ4v) is 3.60. The van der Waals surface area contributed by atoms with E-state index in [4.69, 9.17) is 11.6 Å². The van der Waals surface area contributed by atoms with Gasteiger partial charge in [0.15, 0.2) is 0 Å². The molecule has 21 heavy (non-hydrogen) atoms. The number of carbonyl (C=O) groups is 1. The van der Waals surface area contributed by atoms with Crippen molar-refractivity contribution in [1.29, 1.82) is 0 Å². The van der Waals surface area contributed by atoms with Crippen LogP contribution in [0.5, 0.6) is 0 Å². The Bertz CT molecular complexity index is 510. The summed E-state index contributed by atoms with van der Waals surface area (Å²) < 4.78 is 0. The third kappa shape index (κ3) is 3.57. The van der Waals surface area contributed by atoms with Crippen molar-refractivity contribution < 1.29 is 4.79 Å². The summed E-state index contributed by atoms with van der Waals surface area (Å²) in [6.07, 6.45) is 0. The number of fused-ring (bicyclic) bond motifs is 1. The quantitative estimate of drug-likeness (QED) is 0.914. The zero-order valence-corrected chi connectivity index (χ0v) is 13.1. The molecule has 0 aromatic heterocycles. The first-order valence-corrected chi connectivity index (χ1v) is 7.91. The number of rotatable bonds is 4. The zero-order valence-electron chi connectivity index (χ0n) is 12.4. The van der Waals surface area contributed by atoms with E-state index in [9.17, 15) is 4.79 Å². The van der Waals surface area contributed by atoms with Crippen LogP contribution in [0.25, 0.3) is 0 Å². The summed E-state index contributed by atoms with van der Waals surface area (Å²) in [5.41, 5.74) is 1.07. The van der Waals surface area contributed by atoms with E-state index in [0.717, 1.165) is 43.6 Å². The van der Waals surface area contributed by atoms with Gasteiger partial charge in [-0.05, 0) is 42.6 Å². The molecule has 2 unspecified atom stereocenters. The summed E-state index contributed by atoms with van der Waals surface area (Å²) in [5.74, 6) is 1.65. The molecule has 2 saturated heterocycles. The highest BCUT2D eigenvalue weighted by atomic mass is 35.5. The molecule has 2 aliphatic rings. The molecular formula is C16H22ClN3O. The lowest BCUT2D eigenvalue weighted by Crippen LogP contribution is -2.38. The number of hydrogen-bond acceptors (Lipinski definition) is 3. The van der Waals surface area contributed by atoms with E-state index in [1.165, 1.54) is 0 Å².